The van der Waals surface area contributed by atoms with Crippen LogP contribution in [0.2, 0.25) is 0 Å². The number of hydrogen-bond acceptors (Lipinski definition) is 4. The molecule has 0 bridgehead atoms. The lowest BCUT2D eigenvalue weighted by molar-refractivity contribution is -0.384. The Kier molecular flexibility index (Phi) is 4.59. The molecule has 0 atom stereocenters. The lowest BCUT2D eigenvalue weighted by atomic mass is 10.1. The lowest BCUT2D eigenvalue weighted by Crippen LogP contribution is -2.29. The van der Waals surface area contributed by atoms with E-state index in [0.717, 1.165) is 4.90 Å². The summed E-state index contributed by atoms with van der Waals surface area (Å²) in [5.74, 6) is -1.07. The fraction of sp³-hybridized carbons (Fsp3) is 0.188. The predicted octanol–water partition coefficient (Wildman–Crippen LogP) is 3.08. The summed E-state index contributed by atoms with van der Waals surface area (Å²) in [6.45, 7) is 0. The first kappa shape index (κ1) is 16.4. The Morgan fingerprint density at radius 1 is 1.09 bits per heavy atom. The zero-order valence-corrected chi connectivity index (χ0v) is 13.0. The SMILES string of the molecule is CN(C)c1ccc([N+](=O)[O-])cc1C(=O)N(C)c1ccccc1F. The fourth-order valence-electron chi connectivity index (χ4n) is 2.21. The summed E-state index contributed by atoms with van der Waals surface area (Å²) in [5.41, 5.74) is 0.563. The molecule has 7 heteroatoms. The van der Waals surface area contributed by atoms with Gasteiger partial charge < -0.3 is 9.80 Å². The molecular weight excluding hydrogens is 301 g/mol. The Bertz CT molecular complexity index is 762. The summed E-state index contributed by atoms with van der Waals surface area (Å²) in [5, 5.41) is 11.0. The number of halogens is 1. The van der Waals surface area contributed by atoms with Crippen LogP contribution < -0.4 is 9.80 Å². The van der Waals surface area contributed by atoms with Crippen molar-refractivity contribution in [2.24, 2.45) is 0 Å². The van der Waals surface area contributed by atoms with Crippen LogP contribution in [-0.2, 0) is 0 Å². The van der Waals surface area contributed by atoms with Gasteiger partial charge in [0.2, 0.25) is 0 Å². The highest BCUT2D eigenvalue weighted by atomic mass is 19.1. The Morgan fingerprint density at radius 3 is 2.30 bits per heavy atom. The Balaban J connectivity index is 2.51. The third-order valence-electron chi connectivity index (χ3n) is 3.42. The van der Waals surface area contributed by atoms with E-state index in [9.17, 15) is 19.3 Å². The van der Waals surface area contributed by atoms with Gasteiger partial charge in [-0.3, -0.25) is 14.9 Å². The van der Waals surface area contributed by atoms with Crippen molar-refractivity contribution in [3.63, 3.8) is 0 Å². The fourth-order valence-corrected chi connectivity index (χ4v) is 2.21. The molecule has 2 rings (SSSR count). The van der Waals surface area contributed by atoms with Gasteiger partial charge in [-0.2, -0.15) is 0 Å². The van der Waals surface area contributed by atoms with E-state index in [2.05, 4.69) is 0 Å². The molecule has 0 saturated heterocycles. The van der Waals surface area contributed by atoms with Gasteiger partial charge in [-0.05, 0) is 18.2 Å². The van der Waals surface area contributed by atoms with Gasteiger partial charge in [0.1, 0.15) is 5.82 Å². The second kappa shape index (κ2) is 6.43. The van der Waals surface area contributed by atoms with Crippen molar-refractivity contribution in [3.05, 3.63) is 64.0 Å². The molecule has 0 unspecified atom stereocenters. The van der Waals surface area contributed by atoms with E-state index < -0.39 is 16.6 Å². The maximum absolute atomic E-state index is 13.9. The average Bonchev–Trinajstić information content (AvgIpc) is 2.53. The number of nitrogens with zero attached hydrogens (tertiary/aromatic N) is 3. The highest BCUT2D eigenvalue weighted by Gasteiger charge is 2.23. The highest BCUT2D eigenvalue weighted by Crippen LogP contribution is 2.27. The van der Waals surface area contributed by atoms with Crippen molar-refractivity contribution >= 4 is 23.0 Å². The van der Waals surface area contributed by atoms with Crippen LogP contribution >= 0.6 is 0 Å². The minimum atomic E-state index is -0.570. The molecule has 0 aromatic heterocycles. The van der Waals surface area contributed by atoms with Crippen molar-refractivity contribution in [2.45, 2.75) is 0 Å². The van der Waals surface area contributed by atoms with E-state index in [0.29, 0.717) is 5.69 Å². The third kappa shape index (κ3) is 3.28. The molecule has 6 nitrogen and oxygen atoms in total. The molecule has 0 heterocycles. The average molecular weight is 317 g/mol. The molecule has 0 aliphatic heterocycles. The van der Waals surface area contributed by atoms with Crippen LogP contribution in [0.15, 0.2) is 42.5 Å². The summed E-state index contributed by atoms with van der Waals surface area (Å²) in [4.78, 5) is 25.9. The standard InChI is InChI=1S/C16H16FN3O3/c1-18(2)14-9-8-11(20(22)23)10-12(14)16(21)19(3)15-7-5-4-6-13(15)17/h4-10H,1-3H3. The Hall–Kier alpha value is -2.96. The van der Waals surface area contributed by atoms with E-state index in [1.165, 1.54) is 43.4 Å². The topological polar surface area (TPSA) is 66.7 Å². The third-order valence-corrected chi connectivity index (χ3v) is 3.42. The number of hydrogen-bond donors (Lipinski definition) is 0. The summed E-state index contributed by atoms with van der Waals surface area (Å²) < 4.78 is 13.9. The minimum absolute atomic E-state index is 0.105. The molecule has 0 aliphatic rings. The molecule has 0 spiro atoms. The second-order valence-electron chi connectivity index (χ2n) is 5.17. The smallest absolute Gasteiger partial charge is 0.270 e. The summed E-state index contributed by atoms with van der Waals surface area (Å²) >= 11 is 0. The molecule has 120 valence electrons. The summed E-state index contributed by atoms with van der Waals surface area (Å²) in [6.07, 6.45) is 0. The maximum Gasteiger partial charge on any atom is 0.270 e. The molecule has 1 amide bonds. The molecular formula is C16H16FN3O3. The van der Waals surface area contributed by atoms with Crippen molar-refractivity contribution in [3.8, 4) is 0 Å². The first-order valence-corrected chi connectivity index (χ1v) is 6.81. The number of carbonyl (C=O) groups excluding carboxylic acids is 1. The van der Waals surface area contributed by atoms with E-state index in [-0.39, 0.29) is 16.9 Å². The molecule has 0 aliphatic carbocycles. The van der Waals surface area contributed by atoms with Crippen molar-refractivity contribution in [1.29, 1.82) is 0 Å². The van der Waals surface area contributed by atoms with E-state index in [4.69, 9.17) is 0 Å². The van der Waals surface area contributed by atoms with Crippen LogP contribution in [0, 0.1) is 15.9 Å². The van der Waals surface area contributed by atoms with E-state index >= 15 is 0 Å². The van der Waals surface area contributed by atoms with Crippen LogP contribution in [0.4, 0.5) is 21.5 Å². The van der Waals surface area contributed by atoms with Gasteiger partial charge >= 0.3 is 0 Å². The number of carbonyl (C=O) groups is 1. The predicted molar refractivity (Wildman–Crippen MR) is 86.6 cm³/mol. The zero-order valence-electron chi connectivity index (χ0n) is 13.0. The first-order chi connectivity index (χ1) is 10.8. The van der Waals surface area contributed by atoms with Crippen molar-refractivity contribution in [1.82, 2.24) is 0 Å². The molecule has 0 saturated carbocycles. The first-order valence-electron chi connectivity index (χ1n) is 6.81. The maximum atomic E-state index is 13.9. The van der Waals surface area contributed by atoms with E-state index in [1.54, 1.807) is 25.1 Å². The second-order valence-corrected chi connectivity index (χ2v) is 5.17. The Labute approximate surface area is 132 Å². The van der Waals surface area contributed by atoms with Gasteiger partial charge in [-0.15, -0.1) is 0 Å². The molecule has 0 N–H and O–H groups in total. The van der Waals surface area contributed by atoms with Crippen LogP contribution in [-0.4, -0.2) is 32.0 Å². The number of non-ortho nitro benzene ring substituents is 1. The van der Waals surface area contributed by atoms with Gasteiger partial charge in [0.05, 0.1) is 16.2 Å². The number of benzene rings is 2. The number of para-hydroxylation sites is 1. The number of nitro benzene ring substituents is 1. The Morgan fingerprint density at radius 2 is 1.74 bits per heavy atom. The quantitative estimate of drug-likeness (QED) is 0.642. The van der Waals surface area contributed by atoms with Gasteiger partial charge in [0.15, 0.2) is 0 Å². The number of amides is 1. The monoisotopic (exact) mass is 317 g/mol. The van der Waals surface area contributed by atoms with Crippen LogP contribution in [0.3, 0.4) is 0 Å². The number of nitro groups is 1. The van der Waals surface area contributed by atoms with Crippen LogP contribution in [0.1, 0.15) is 10.4 Å². The van der Waals surface area contributed by atoms with Crippen molar-refractivity contribution < 1.29 is 14.1 Å². The molecule has 2 aromatic carbocycles. The summed E-state index contributed by atoms with van der Waals surface area (Å²) in [7, 11) is 4.88. The number of rotatable bonds is 4. The van der Waals surface area contributed by atoms with Gasteiger partial charge in [-0.1, -0.05) is 12.1 Å². The van der Waals surface area contributed by atoms with Crippen molar-refractivity contribution in [2.75, 3.05) is 30.9 Å². The van der Waals surface area contributed by atoms with Gasteiger partial charge in [0, 0.05) is 39.0 Å². The summed E-state index contributed by atoms with van der Waals surface area (Å²) in [6, 6.07) is 9.89. The largest absolute Gasteiger partial charge is 0.377 e. The molecule has 0 radical (unpaired) electrons. The van der Waals surface area contributed by atoms with Gasteiger partial charge in [0.25, 0.3) is 11.6 Å². The minimum Gasteiger partial charge on any atom is -0.377 e. The van der Waals surface area contributed by atoms with Crippen LogP contribution in [0.5, 0.6) is 0 Å². The molecule has 0 fully saturated rings. The van der Waals surface area contributed by atoms with E-state index in [1.807, 2.05) is 0 Å². The van der Waals surface area contributed by atoms with Crippen LogP contribution in [0.25, 0.3) is 0 Å². The normalized spacial score (nSPS) is 10.3. The molecule has 2 aromatic rings. The molecule has 23 heavy (non-hydrogen) atoms. The zero-order chi connectivity index (χ0) is 17.1. The highest BCUT2D eigenvalue weighted by molar-refractivity contribution is 6.09. The lowest BCUT2D eigenvalue weighted by Gasteiger charge is -2.22. The van der Waals surface area contributed by atoms with Gasteiger partial charge in [-0.25, -0.2) is 4.39 Å². The number of anilines is 2.